The smallest absolute Gasteiger partial charge is 0.276 e. The van der Waals surface area contributed by atoms with Crippen molar-refractivity contribution in [2.75, 3.05) is 17.1 Å². The van der Waals surface area contributed by atoms with Gasteiger partial charge in [0, 0.05) is 11.3 Å². The summed E-state index contributed by atoms with van der Waals surface area (Å²) in [5.74, 6) is -0.503. The number of para-hydroxylation sites is 1. The fraction of sp³-hybridized carbons (Fsp3) is 0.300. The van der Waals surface area contributed by atoms with Crippen molar-refractivity contribution in [1.82, 2.24) is 10.9 Å². The molecular weight excluding hydrogens is 394 g/mol. The summed E-state index contributed by atoms with van der Waals surface area (Å²) in [6, 6.07) is 13.4. The van der Waals surface area contributed by atoms with Crippen LogP contribution >= 0.6 is 0 Å². The van der Waals surface area contributed by atoms with Gasteiger partial charge in [0.25, 0.3) is 11.8 Å². The molecule has 156 valence electrons. The van der Waals surface area contributed by atoms with Gasteiger partial charge in [0.1, 0.15) is 5.75 Å². The number of ether oxygens (including phenoxy) is 1. The van der Waals surface area contributed by atoms with E-state index in [0.717, 1.165) is 12.0 Å². The van der Waals surface area contributed by atoms with Gasteiger partial charge in [0.15, 0.2) is 6.61 Å². The second-order valence-corrected chi connectivity index (χ2v) is 8.10. The fourth-order valence-corrected chi connectivity index (χ4v) is 3.66. The van der Waals surface area contributed by atoms with Crippen molar-refractivity contribution < 1.29 is 22.7 Å². The lowest BCUT2D eigenvalue weighted by Crippen LogP contribution is -2.43. The van der Waals surface area contributed by atoms with Gasteiger partial charge in [-0.25, -0.2) is 8.42 Å². The first kappa shape index (κ1) is 22.2. The number of benzene rings is 2. The van der Waals surface area contributed by atoms with Crippen molar-refractivity contribution in [1.29, 1.82) is 0 Å². The Bertz CT molecular complexity index is 960. The van der Waals surface area contributed by atoms with E-state index >= 15 is 0 Å². The lowest BCUT2D eigenvalue weighted by Gasteiger charge is -2.12. The van der Waals surface area contributed by atoms with E-state index in [1.54, 1.807) is 25.1 Å². The number of anilines is 1. The van der Waals surface area contributed by atoms with E-state index in [9.17, 15) is 18.0 Å². The van der Waals surface area contributed by atoms with Crippen LogP contribution in [0.15, 0.2) is 48.5 Å². The summed E-state index contributed by atoms with van der Waals surface area (Å²) in [7, 11) is -3.46. The average Bonchev–Trinajstić information content (AvgIpc) is 2.70. The highest BCUT2D eigenvalue weighted by Gasteiger charge is 2.12. The minimum Gasteiger partial charge on any atom is -0.483 e. The van der Waals surface area contributed by atoms with Crippen molar-refractivity contribution >= 4 is 27.5 Å². The van der Waals surface area contributed by atoms with Gasteiger partial charge in [-0.15, -0.1) is 0 Å². The number of carbonyl (C=O) groups excluding carboxylic acids is 2. The molecular formula is C20H25N3O5S. The van der Waals surface area contributed by atoms with Gasteiger partial charge < -0.3 is 4.74 Å². The molecule has 0 spiro atoms. The molecule has 9 heteroatoms. The maximum Gasteiger partial charge on any atom is 0.276 e. The second kappa shape index (κ2) is 10.5. The van der Waals surface area contributed by atoms with Crippen LogP contribution in [0.2, 0.25) is 0 Å². The van der Waals surface area contributed by atoms with Crippen LogP contribution in [0, 0.1) is 0 Å². The Morgan fingerprint density at radius 3 is 2.48 bits per heavy atom. The number of carbonyl (C=O) groups is 2. The Balaban J connectivity index is 1.88. The number of amides is 2. The van der Waals surface area contributed by atoms with E-state index in [1.807, 2.05) is 25.1 Å². The summed E-state index contributed by atoms with van der Waals surface area (Å²) in [5, 5.41) is 0. The van der Waals surface area contributed by atoms with Crippen LogP contribution in [0.5, 0.6) is 5.75 Å². The largest absolute Gasteiger partial charge is 0.483 e. The van der Waals surface area contributed by atoms with Gasteiger partial charge in [-0.2, -0.15) is 0 Å². The predicted molar refractivity (Wildman–Crippen MR) is 111 cm³/mol. The number of hydrogen-bond acceptors (Lipinski definition) is 5. The molecule has 2 aromatic carbocycles. The standard InChI is InChI=1S/C20H25N3O5S/c1-3-12-29(26,27)23-17-10-7-9-16(13-17)20(25)22-21-19(24)14-28-18-11-6-5-8-15(18)4-2/h5-11,13,23H,3-4,12,14H2,1-2H3,(H,21,24)(H,22,25). The summed E-state index contributed by atoms with van der Waals surface area (Å²) < 4.78 is 31.6. The third-order valence-corrected chi connectivity index (χ3v) is 5.39. The predicted octanol–water partition coefficient (Wildman–Crippen LogP) is 2.24. The summed E-state index contributed by atoms with van der Waals surface area (Å²) in [4.78, 5) is 24.2. The third-order valence-electron chi connectivity index (χ3n) is 3.90. The topological polar surface area (TPSA) is 114 Å². The van der Waals surface area contributed by atoms with Crippen LogP contribution in [-0.2, 0) is 21.2 Å². The van der Waals surface area contributed by atoms with Gasteiger partial charge in [-0.3, -0.25) is 25.2 Å². The van der Waals surface area contributed by atoms with Crippen molar-refractivity contribution in [2.45, 2.75) is 26.7 Å². The normalized spacial score (nSPS) is 10.8. The Morgan fingerprint density at radius 1 is 1.00 bits per heavy atom. The van der Waals surface area contributed by atoms with Crippen LogP contribution in [0.3, 0.4) is 0 Å². The number of sulfonamides is 1. The summed E-state index contributed by atoms with van der Waals surface area (Å²) in [6.07, 6.45) is 1.25. The molecule has 2 rings (SSSR count). The van der Waals surface area contributed by atoms with Crippen LogP contribution in [-0.4, -0.2) is 32.6 Å². The second-order valence-electron chi connectivity index (χ2n) is 6.25. The molecule has 8 nitrogen and oxygen atoms in total. The zero-order chi connectivity index (χ0) is 21.3. The molecule has 0 aliphatic carbocycles. The highest BCUT2D eigenvalue weighted by molar-refractivity contribution is 7.92. The molecule has 0 saturated carbocycles. The molecule has 0 aliphatic rings. The Labute approximate surface area is 170 Å². The molecule has 2 aromatic rings. The molecule has 0 fully saturated rings. The Hall–Kier alpha value is -3.07. The number of aryl methyl sites for hydroxylation is 1. The highest BCUT2D eigenvalue weighted by atomic mass is 32.2. The van der Waals surface area contributed by atoms with Gasteiger partial charge in [0.05, 0.1) is 5.75 Å². The Morgan fingerprint density at radius 2 is 1.76 bits per heavy atom. The van der Waals surface area contributed by atoms with Gasteiger partial charge in [0.2, 0.25) is 10.0 Å². The van der Waals surface area contributed by atoms with Crippen LogP contribution in [0.25, 0.3) is 0 Å². The molecule has 0 unspecified atom stereocenters. The summed E-state index contributed by atoms with van der Waals surface area (Å²) >= 11 is 0. The molecule has 0 radical (unpaired) electrons. The van der Waals surface area contributed by atoms with Crippen molar-refractivity contribution in [3.63, 3.8) is 0 Å². The van der Waals surface area contributed by atoms with E-state index in [0.29, 0.717) is 12.2 Å². The molecule has 3 N–H and O–H groups in total. The third kappa shape index (κ3) is 7.11. The van der Waals surface area contributed by atoms with E-state index in [2.05, 4.69) is 15.6 Å². The summed E-state index contributed by atoms with van der Waals surface area (Å²) in [5.41, 5.74) is 6.00. The van der Waals surface area contributed by atoms with Crippen molar-refractivity contribution in [3.05, 3.63) is 59.7 Å². The van der Waals surface area contributed by atoms with Gasteiger partial charge in [-0.1, -0.05) is 38.1 Å². The number of hydrogen-bond donors (Lipinski definition) is 3. The lowest BCUT2D eigenvalue weighted by atomic mass is 10.1. The molecule has 0 heterocycles. The van der Waals surface area contributed by atoms with Crippen molar-refractivity contribution in [2.24, 2.45) is 0 Å². The van der Waals surface area contributed by atoms with E-state index in [1.165, 1.54) is 12.1 Å². The first-order valence-electron chi connectivity index (χ1n) is 9.25. The van der Waals surface area contributed by atoms with Gasteiger partial charge in [-0.05, 0) is 42.7 Å². The molecule has 29 heavy (non-hydrogen) atoms. The Kier molecular flexibility index (Phi) is 8.02. The quantitative estimate of drug-likeness (QED) is 0.540. The average molecular weight is 420 g/mol. The molecule has 0 atom stereocenters. The zero-order valence-electron chi connectivity index (χ0n) is 16.4. The minimum absolute atomic E-state index is 0.0133. The van der Waals surface area contributed by atoms with Gasteiger partial charge >= 0.3 is 0 Å². The SMILES string of the molecule is CCCS(=O)(=O)Nc1cccc(C(=O)NNC(=O)COc2ccccc2CC)c1. The molecule has 0 aliphatic heterocycles. The lowest BCUT2D eigenvalue weighted by molar-refractivity contribution is -0.123. The van der Waals surface area contributed by atoms with Crippen LogP contribution < -0.4 is 20.3 Å². The number of nitrogens with one attached hydrogen (secondary N) is 3. The number of hydrazine groups is 1. The summed E-state index contributed by atoms with van der Waals surface area (Å²) in [6.45, 7) is 3.49. The molecule has 0 saturated heterocycles. The highest BCUT2D eigenvalue weighted by Crippen LogP contribution is 2.18. The maximum absolute atomic E-state index is 12.2. The minimum atomic E-state index is -3.46. The van der Waals surface area contributed by atoms with E-state index < -0.39 is 21.8 Å². The molecule has 0 aromatic heterocycles. The zero-order valence-corrected chi connectivity index (χ0v) is 17.2. The van der Waals surface area contributed by atoms with E-state index in [-0.39, 0.29) is 23.6 Å². The monoisotopic (exact) mass is 419 g/mol. The first-order chi connectivity index (χ1) is 13.8. The van der Waals surface area contributed by atoms with Crippen molar-refractivity contribution in [3.8, 4) is 5.75 Å². The molecule has 2 amide bonds. The maximum atomic E-state index is 12.2. The number of rotatable bonds is 9. The van der Waals surface area contributed by atoms with E-state index in [4.69, 9.17) is 4.74 Å². The first-order valence-corrected chi connectivity index (χ1v) is 10.9. The van der Waals surface area contributed by atoms with Crippen LogP contribution in [0.4, 0.5) is 5.69 Å². The van der Waals surface area contributed by atoms with Crippen LogP contribution in [0.1, 0.15) is 36.2 Å². The molecule has 0 bridgehead atoms. The fourth-order valence-electron chi connectivity index (χ4n) is 2.54.